The molecule has 1 amide bonds. The van der Waals surface area contributed by atoms with Gasteiger partial charge in [-0.15, -0.1) is 0 Å². The molecule has 3 aromatic rings. The van der Waals surface area contributed by atoms with Gasteiger partial charge in [0.1, 0.15) is 17.2 Å². The van der Waals surface area contributed by atoms with Gasteiger partial charge in [-0.2, -0.15) is 0 Å². The number of amides is 1. The number of halogens is 1. The lowest BCUT2D eigenvalue weighted by molar-refractivity contribution is -0.384. The molecule has 4 rings (SSSR count). The number of thiocarbonyl (C=S) groups is 1. The van der Waals surface area contributed by atoms with E-state index in [1.807, 2.05) is 0 Å². The topological polar surface area (TPSA) is 88.6 Å². The molecule has 1 N–H and O–H groups in total. The molecule has 2 aromatic carbocycles. The van der Waals surface area contributed by atoms with Crippen LogP contribution in [0.3, 0.4) is 0 Å². The smallest absolute Gasteiger partial charge is 0.281 e. The molecule has 0 atom stereocenters. The first-order chi connectivity index (χ1) is 13.9. The van der Waals surface area contributed by atoms with Crippen molar-refractivity contribution in [3.63, 3.8) is 0 Å². The number of furan rings is 1. The molecule has 0 saturated carbocycles. The first-order valence-corrected chi connectivity index (χ1v) is 9.19. The van der Waals surface area contributed by atoms with E-state index in [0.717, 1.165) is 0 Å². The molecule has 0 bridgehead atoms. The van der Waals surface area contributed by atoms with E-state index in [1.54, 1.807) is 54.6 Å². The third-order valence-corrected chi connectivity index (χ3v) is 4.78. The fraction of sp³-hybridized carbons (Fsp3) is 0. The van der Waals surface area contributed by atoms with Crippen molar-refractivity contribution in [3.8, 4) is 11.3 Å². The van der Waals surface area contributed by atoms with Gasteiger partial charge in [-0.25, -0.2) is 0 Å². The molecule has 29 heavy (non-hydrogen) atoms. The molecule has 0 spiro atoms. The highest BCUT2D eigenvalue weighted by Gasteiger charge is 2.32. The van der Waals surface area contributed by atoms with Crippen molar-refractivity contribution in [2.75, 3.05) is 4.90 Å². The maximum atomic E-state index is 12.8. The number of benzene rings is 2. The lowest BCUT2D eigenvalue weighted by atomic mass is 10.1. The average Bonchev–Trinajstić information content (AvgIpc) is 3.27. The van der Waals surface area contributed by atoms with Crippen LogP contribution in [0, 0.1) is 10.1 Å². The summed E-state index contributed by atoms with van der Waals surface area (Å²) < 4.78 is 5.71. The summed E-state index contributed by atoms with van der Waals surface area (Å²) in [7, 11) is 0. The van der Waals surface area contributed by atoms with Crippen molar-refractivity contribution >= 4 is 52.3 Å². The zero-order valence-electron chi connectivity index (χ0n) is 14.7. The zero-order valence-corrected chi connectivity index (χ0v) is 16.2. The quantitative estimate of drug-likeness (QED) is 0.280. The van der Waals surface area contributed by atoms with Gasteiger partial charge in [0.25, 0.3) is 11.6 Å². The minimum atomic E-state index is -0.472. The van der Waals surface area contributed by atoms with E-state index in [0.29, 0.717) is 27.8 Å². The van der Waals surface area contributed by atoms with Gasteiger partial charge in [0.05, 0.1) is 16.2 Å². The Morgan fingerprint density at radius 1 is 1.10 bits per heavy atom. The molecule has 2 heterocycles. The Labute approximate surface area is 175 Å². The van der Waals surface area contributed by atoms with Crippen LogP contribution < -0.4 is 10.2 Å². The summed E-state index contributed by atoms with van der Waals surface area (Å²) in [4.78, 5) is 24.9. The fourth-order valence-corrected chi connectivity index (χ4v) is 3.34. The lowest BCUT2D eigenvalue weighted by Crippen LogP contribution is -2.30. The van der Waals surface area contributed by atoms with Gasteiger partial charge in [0.15, 0.2) is 5.11 Å². The average molecular weight is 426 g/mol. The standard InChI is InChI=1S/C20H12ClN3O4S/c21-12-5-7-13(8-6-12)23-19(25)16(22-20(23)29)11-14-9-10-18(28-14)15-3-1-2-4-17(15)24(26)27/h1-11H,(H,22,29)/b16-11-. The summed E-state index contributed by atoms with van der Waals surface area (Å²) in [5, 5.41) is 14.9. The molecule has 1 saturated heterocycles. The highest BCUT2D eigenvalue weighted by Crippen LogP contribution is 2.32. The molecule has 9 heteroatoms. The largest absolute Gasteiger partial charge is 0.456 e. The second kappa shape index (κ2) is 7.50. The molecule has 1 fully saturated rings. The lowest BCUT2D eigenvalue weighted by Gasteiger charge is -2.13. The van der Waals surface area contributed by atoms with Crippen LogP contribution in [0.15, 0.2) is 70.8 Å². The first-order valence-electron chi connectivity index (χ1n) is 8.40. The number of nitrogens with one attached hydrogen (secondary N) is 1. The predicted molar refractivity (Wildman–Crippen MR) is 113 cm³/mol. The summed E-state index contributed by atoms with van der Waals surface area (Å²) >= 11 is 11.2. The zero-order chi connectivity index (χ0) is 20.5. The Balaban J connectivity index is 1.63. The molecule has 144 valence electrons. The molecule has 1 aliphatic rings. The van der Waals surface area contributed by atoms with Gasteiger partial charge < -0.3 is 9.73 Å². The van der Waals surface area contributed by atoms with E-state index in [1.165, 1.54) is 17.0 Å². The van der Waals surface area contributed by atoms with Crippen LogP contribution >= 0.6 is 23.8 Å². The number of hydrogen-bond acceptors (Lipinski definition) is 5. The summed E-state index contributed by atoms with van der Waals surface area (Å²) in [5.74, 6) is 0.336. The van der Waals surface area contributed by atoms with E-state index >= 15 is 0 Å². The van der Waals surface area contributed by atoms with Crippen molar-refractivity contribution in [3.05, 3.63) is 87.3 Å². The number of nitro benzene ring substituents is 1. The van der Waals surface area contributed by atoms with Gasteiger partial charge in [-0.05, 0) is 54.7 Å². The molecule has 1 aliphatic heterocycles. The molecular formula is C20H12ClN3O4S. The molecule has 0 unspecified atom stereocenters. The van der Waals surface area contributed by atoms with E-state index in [4.69, 9.17) is 28.2 Å². The van der Waals surface area contributed by atoms with Crippen LogP contribution in [0.5, 0.6) is 0 Å². The molecule has 0 aliphatic carbocycles. The minimum Gasteiger partial charge on any atom is -0.456 e. The van der Waals surface area contributed by atoms with Gasteiger partial charge in [0, 0.05) is 17.2 Å². The number of carbonyl (C=O) groups excluding carboxylic acids is 1. The normalized spacial score (nSPS) is 15.1. The Bertz CT molecular complexity index is 1170. The van der Waals surface area contributed by atoms with E-state index in [-0.39, 0.29) is 22.4 Å². The van der Waals surface area contributed by atoms with Crippen LogP contribution in [0.25, 0.3) is 17.4 Å². The van der Waals surface area contributed by atoms with E-state index in [9.17, 15) is 14.9 Å². The number of para-hydroxylation sites is 1. The van der Waals surface area contributed by atoms with Crippen molar-refractivity contribution < 1.29 is 14.1 Å². The van der Waals surface area contributed by atoms with Crippen LogP contribution in [-0.2, 0) is 4.79 Å². The number of nitro groups is 1. The Morgan fingerprint density at radius 2 is 1.83 bits per heavy atom. The summed E-state index contributed by atoms with van der Waals surface area (Å²) in [6.07, 6.45) is 1.50. The summed E-state index contributed by atoms with van der Waals surface area (Å²) in [6.45, 7) is 0. The predicted octanol–water partition coefficient (Wildman–Crippen LogP) is 4.77. The van der Waals surface area contributed by atoms with Crippen molar-refractivity contribution in [2.24, 2.45) is 0 Å². The molecule has 7 nitrogen and oxygen atoms in total. The summed E-state index contributed by atoms with van der Waals surface area (Å²) in [5.41, 5.74) is 1.10. The second-order valence-electron chi connectivity index (χ2n) is 6.08. The Morgan fingerprint density at radius 3 is 2.55 bits per heavy atom. The first kappa shape index (κ1) is 18.9. The molecule has 0 radical (unpaired) electrons. The Hall–Kier alpha value is -3.49. The highest BCUT2D eigenvalue weighted by molar-refractivity contribution is 7.80. The summed E-state index contributed by atoms with van der Waals surface area (Å²) in [6, 6.07) is 16.2. The number of rotatable bonds is 4. The fourth-order valence-electron chi connectivity index (χ4n) is 2.92. The van der Waals surface area contributed by atoms with Gasteiger partial charge in [-0.3, -0.25) is 19.8 Å². The third-order valence-electron chi connectivity index (χ3n) is 4.24. The van der Waals surface area contributed by atoms with Crippen molar-refractivity contribution in [1.82, 2.24) is 5.32 Å². The van der Waals surface area contributed by atoms with E-state index in [2.05, 4.69) is 5.32 Å². The number of anilines is 1. The molecule has 1 aromatic heterocycles. The van der Waals surface area contributed by atoms with Crippen LogP contribution in [0.1, 0.15) is 5.76 Å². The molecular weight excluding hydrogens is 414 g/mol. The van der Waals surface area contributed by atoms with Crippen molar-refractivity contribution in [1.29, 1.82) is 0 Å². The Kier molecular flexibility index (Phi) is 4.87. The van der Waals surface area contributed by atoms with Crippen LogP contribution in [-0.4, -0.2) is 15.9 Å². The monoisotopic (exact) mass is 425 g/mol. The van der Waals surface area contributed by atoms with Crippen LogP contribution in [0.4, 0.5) is 11.4 Å². The van der Waals surface area contributed by atoms with Crippen molar-refractivity contribution in [2.45, 2.75) is 0 Å². The third kappa shape index (κ3) is 3.63. The van der Waals surface area contributed by atoms with Crippen LogP contribution in [0.2, 0.25) is 5.02 Å². The number of nitrogens with zero attached hydrogens (tertiary/aromatic N) is 2. The number of hydrogen-bond donors (Lipinski definition) is 1. The second-order valence-corrected chi connectivity index (χ2v) is 6.90. The van der Waals surface area contributed by atoms with E-state index < -0.39 is 4.92 Å². The number of carbonyl (C=O) groups is 1. The van der Waals surface area contributed by atoms with Gasteiger partial charge >= 0.3 is 0 Å². The highest BCUT2D eigenvalue weighted by atomic mass is 35.5. The minimum absolute atomic E-state index is 0.0637. The maximum absolute atomic E-state index is 12.8. The van der Waals surface area contributed by atoms with Gasteiger partial charge in [0.2, 0.25) is 0 Å². The van der Waals surface area contributed by atoms with Gasteiger partial charge in [-0.1, -0.05) is 23.7 Å². The maximum Gasteiger partial charge on any atom is 0.281 e. The SMILES string of the molecule is O=C1/C(=C/c2ccc(-c3ccccc3[N+](=O)[O-])o2)NC(=S)N1c1ccc(Cl)cc1.